The van der Waals surface area contributed by atoms with Gasteiger partial charge in [-0.2, -0.15) is 0 Å². The quantitative estimate of drug-likeness (QED) is 0.759. The van der Waals surface area contributed by atoms with Crippen LogP contribution in [0, 0.1) is 5.92 Å². The molecule has 1 heterocycles. The van der Waals surface area contributed by atoms with E-state index in [1.54, 1.807) is 17.0 Å². The smallest absolute Gasteiger partial charge is 0.255 e. The highest BCUT2D eigenvalue weighted by Gasteiger charge is 2.30. The first kappa shape index (κ1) is 22.3. The summed E-state index contributed by atoms with van der Waals surface area (Å²) in [5.41, 5.74) is 0.819. The Morgan fingerprint density at radius 1 is 1.13 bits per heavy atom. The van der Waals surface area contributed by atoms with Gasteiger partial charge in [-0.3, -0.25) is 9.59 Å². The summed E-state index contributed by atoms with van der Waals surface area (Å²) in [4.78, 5) is 27.3. The summed E-state index contributed by atoms with van der Waals surface area (Å²) in [6, 6.07) is 13.2. The van der Waals surface area contributed by atoms with Crippen molar-refractivity contribution < 1.29 is 18.0 Å². The van der Waals surface area contributed by atoms with Gasteiger partial charge in [0, 0.05) is 32.9 Å². The summed E-state index contributed by atoms with van der Waals surface area (Å²) < 4.78 is 25.9. The number of carbonyl (C=O) groups is 2. The SMILES string of the molecule is CN(C)S(=O)(=O)c1ccc(Cl)c(C(=O)N2CCCC(C(=O)Nc3ccccc3)C2)c1. The van der Waals surface area contributed by atoms with Crippen LogP contribution in [0.2, 0.25) is 5.02 Å². The van der Waals surface area contributed by atoms with E-state index in [-0.39, 0.29) is 39.8 Å². The lowest BCUT2D eigenvalue weighted by atomic mass is 9.96. The Morgan fingerprint density at radius 2 is 1.83 bits per heavy atom. The van der Waals surface area contributed by atoms with Crippen molar-refractivity contribution in [3.8, 4) is 0 Å². The highest BCUT2D eigenvalue weighted by atomic mass is 35.5. The van der Waals surface area contributed by atoms with Crippen LogP contribution in [0.15, 0.2) is 53.4 Å². The highest BCUT2D eigenvalue weighted by molar-refractivity contribution is 7.89. The van der Waals surface area contributed by atoms with E-state index < -0.39 is 10.0 Å². The molecule has 0 radical (unpaired) electrons. The van der Waals surface area contributed by atoms with Crippen molar-refractivity contribution >= 4 is 39.1 Å². The van der Waals surface area contributed by atoms with Crippen LogP contribution in [-0.4, -0.2) is 56.6 Å². The lowest BCUT2D eigenvalue weighted by molar-refractivity contribution is -0.121. The van der Waals surface area contributed by atoms with Crippen LogP contribution in [0.5, 0.6) is 0 Å². The van der Waals surface area contributed by atoms with Gasteiger partial charge < -0.3 is 10.2 Å². The number of piperidine rings is 1. The molecule has 2 aromatic rings. The van der Waals surface area contributed by atoms with E-state index in [0.29, 0.717) is 25.1 Å². The molecule has 1 aliphatic heterocycles. The topological polar surface area (TPSA) is 86.8 Å². The zero-order chi connectivity index (χ0) is 21.9. The molecule has 0 bridgehead atoms. The van der Waals surface area contributed by atoms with Crippen molar-refractivity contribution in [1.29, 1.82) is 0 Å². The number of anilines is 1. The second kappa shape index (κ2) is 9.16. The molecule has 2 amide bonds. The third-order valence-corrected chi connectivity index (χ3v) is 7.21. The van der Waals surface area contributed by atoms with Gasteiger partial charge in [0.15, 0.2) is 0 Å². The van der Waals surface area contributed by atoms with Gasteiger partial charge in [-0.05, 0) is 43.2 Å². The number of nitrogens with one attached hydrogen (secondary N) is 1. The molecule has 9 heteroatoms. The molecule has 1 atom stereocenters. The summed E-state index contributed by atoms with van der Waals surface area (Å²) in [6.45, 7) is 0.730. The van der Waals surface area contributed by atoms with E-state index in [1.165, 1.54) is 32.3 Å². The standard InChI is InChI=1S/C21H24ClN3O4S/c1-24(2)30(28,29)17-10-11-19(22)18(13-17)21(27)25-12-6-7-15(14-25)20(26)23-16-8-4-3-5-9-16/h3-5,8-11,13,15H,6-7,12,14H2,1-2H3,(H,23,26). The number of hydrogen-bond acceptors (Lipinski definition) is 4. The Hall–Kier alpha value is -2.42. The Morgan fingerprint density at radius 3 is 2.50 bits per heavy atom. The summed E-state index contributed by atoms with van der Waals surface area (Å²) in [5.74, 6) is -0.878. The zero-order valence-electron chi connectivity index (χ0n) is 16.8. The number of halogens is 1. The van der Waals surface area contributed by atoms with E-state index in [9.17, 15) is 18.0 Å². The minimum Gasteiger partial charge on any atom is -0.338 e. The van der Waals surface area contributed by atoms with Gasteiger partial charge in [-0.1, -0.05) is 29.8 Å². The van der Waals surface area contributed by atoms with Crippen molar-refractivity contribution in [3.05, 3.63) is 59.1 Å². The van der Waals surface area contributed by atoms with E-state index >= 15 is 0 Å². The molecule has 1 aliphatic rings. The summed E-state index contributed by atoms with van der Waals surface area (Å²) >= 11 is 6.21. The van der Waals surface area contributed by atoms with E-state index in [1.807, 2.05) is 18.2 Å². The second-order valence-corrected chi connectivity index (χ2v) is 9.93. The molecular weight excluding hydrogens is 426 g/mol. The maximum Gasteiger partial charge on any atom is 0.255 e. The predicted molar refractivity (Wildman–Crippen MR) is 116 cm³/mol. The number of amides is 2. The number of sulfonamides is 1. The molecule has 2 aromatic carbocycles. The summed E-state index contributed by atoms with van der Waals surface area (Å²) in [7, 11) is -0.854. The van der Waals surface area contributed by atoms with Gasteiger partial charge >= 0.3 is 0 Å². The second-order valence-electron chi connectivity index (χ2n) is 7.37. The molecule has 0 aromatic heterocycles. The van der Waals surface area contributed by atoms with Crippen molar-refractivity contribution in [2.45, 2.75) is 17.7 Å². The lowest BCUT2D eigenvalue weighted by Crippen LogP contribution is -2.43. The number of hydrogen-bond donors (Lipinski definition) is 1. The molecule has 0 spiro atoms. The molecule has 0 aliphatic carbocycles. The number of nitrogens with zero attached hydrogens (tertiary/aromatic N) is 2. The predicted octanol–water partition coefficient (Wildman–Crippen LogP) is 3.08. The molecule has 1 saturated heterocycles. The van der Waals surface area contributed by atoms with E-state index in [2.05, 4.69) is 5.32 Å². The maximum atomic E-state index is 13.1. The first-order valence-electron chi connectivity index (χ1n) is 9.57. The van der Waals surface area contributed by atoms with Crippen LogP contribution < -0.4 is 5.32 Å². The van der Waals surface area contributed by atoms with Crippen LogP contribution in [0.4, 0.5) is 5.69 Å². The van der Waals surface area contributed by atoms with Crippen LogP contribution in [0.25, 0.3) is 0 Å². The third-order valence-electron chi connectivity index (χ3n) is 5.07. The number of carbonyl (C=O) groups excluding carboxylic acids is 2. The van der Waals surface area contributed by atoms with Gasteiger partial charge in [0.1, 0.15) is 0 Å². The van der Waals surface area contributed by atoms with Gasteiger partial charge in [0.2, 0.25) is 15.9 Å². The van der Waals surface area contributed by atoms with Crippen molar-refractivity contribution in [2.24, 2.45) is 5.92 Å². The number of rotatable bonds is 5. The van der Waals surface area contributed by atoms with Crippen molar-refractivity contribution in [3.63, 3.8) is 0 Å². The van der Waals surface area contributed by atoms with Crippen LogP contribution in [0.3, 0.4) is 0 Å². The Bertz CT molecular complexity index is 1040. The average molecular weight is 450 g/mol. The van der Waals surface area contributed by atoms with Crippen LogP contribution >= 0.6 is 11.6 Å². The molecule has 160 valence electrons. The highest BCUT2D eigenvalue weighted by Crippen LogP contribution is 2.26. The van der Waals surface area contributed by atoms with E-state index in [0.717, 1.165) is 4.31 Å². The Kier molecular flexibility index (Phi) is 6.80. The van der Waals surface area contributed by atoms with Gasteiger partial charge in [0.05, 0.1) is 21.4 Å². The summed E-state index contributed by atoms with van der Waals surface area (Å²) in [6.07, 6.45) is 1.34. The van der Waals surface area contributed by atoms with E-state index in [4.69, 9.17) is 11.6 Å². The molecule has 0 saturated carbocycles. The fourth-order valence-corrected chi connectivity index (χ4v) is 4.48. The fraction of sp³-hybridized carbons (Fsp3) is 0.333. The third kappa shape index (κ3) is 4.83. The van der Waals surface area contributed by atoms with Gasteiger partial charge in [-0.25, -0.2) is 12.7 Å². The van der Waals surface area contributed by atoms with Crippen molar-refractivity contribution in [1.82, 2.24) is 9.21 Å². The largest absolute Gasteiger partial charge is 0.338 e. The fourth-order valence-electron chi connectivity index (χ4n) is 3.35. The molecule has 1 fully saturated rings. The molecule has 1 N–H and O–H groups in total. The molecule has 3 rings (SSSR count). The first-order valence-corrected chi connectivity index (χ1v) is 11.4. The number of para-hydroxylation sites is 1. The number of likely N-dealkylation sites (tertiary alicyclic amines) is 1. The van der Waals surface area contributed by atoms with Crippen LogP contribution in [0.1, 0.15) is 23.2 Å². The van der Waals surface area contributed by atoms with Gasteiger partial charge in [0.25, 0.3) is 5.91 Å². The molecule has 30 heavy (non-hydrogen) atoms. The monoisotopic (exact) mass is 449 g/mol. The zero-order valence-corrected chi connectivity index (χ0v) is 18.4. The van der Waals surface area contributed by atoms with Crippen LogP contribution in [-0.2, 0) is 14.8 Å². The Labute approximate surface area is 181 Å². The molecular formula is C21H24ClN3O4S. The van der Waals surface area contributed by atoms with Crippen molar-refractivity contribution in [2.75, 3.05) is 32.5 Å². The lowest BCUT2D eigenvalue weighted by Gasteiger charge is -2.32. The number of benzene rings is 2. The molecule has 7 nitrogen and oxygen atoms in total. The minimum atomic E-state index is -3.70. The minimum absolute atomic E-state index is 0.00405. The molecule has 1 unspecified atom stereocenters. The average Bonchev–Trinajstić information content (AvgIpc) is 2.74. The Balaban J connectivity index is 1.77. The van der Waals surface area contributed by atoms with Gasteiger partial charge in [-0.15, -0.1) is 0 Å². The normalized spacial score (nSPS) is 17.1. The summed E-state index contributed by atoms with van der Waals surface area (Å²) in [5, 5.41) is 3.05. The maximum absolute atomic E-state index is 13.1. The first-order chi connectivity index (χ1) is 14.2.